The fraction of sp³-hybridized carbons (Fsp3) is 0.500. The van der Waals surface area contributed by atoms with Crippen LogP contribution in [0.2, 0.25) is 0 Å². The molecule has 1 saturated heterocycles. The van der Waals surface area contributed by atoms with E-state index in [0.717, 1.165) is 35.5 Å². The van der Waals surface area contributed by atoms with Crippen LogP contribution in [0.25, 0.3) is 10.6 Å². The summed E-state index contributed by atoms with van der Waals surface area (Å²) in [5, 5.41) is 13.1. The van der Waals surface area contributed by atoms with Gasteiger partial charge >= 0.3 is 0 Å². The number of rotatable bonds is 3. The third kappa shape index (κ3) is 3.14. The van der Waals surface area contributed by atoms with Crippen LogP contribution in [0.4, 0.5) is 0 Å². The molecule has 0 amide bonds. The lowest BCUT2D eigenvalue weighted by molar-refractivity contribution is -0.0269. The van der Waals surface area contributed by atoms with E-state index in [2.05, 4.69) is 4.98 Å². The normalized spacial score (nSPS) is 27.4. The Morgan fingerprint density at radius 1 is 1.24 bits per heavy atom. The summed E-state index contributed by atoms with van der Waals surface area (Å²) >= 11 is 1.52. The summed E-state index contributed by atoms with van der Waals surface area (Å²) < 4.78 is 27.9. The molecule has 1 aromatic carbocycles. The van der Waals surface area contributed by atoms with Crippen LogP contribution in [0.1, 0.15) is 25.0 Å². The van der Waals surface area contributed by atoms with Crippen LogP contribution in [0.5, 0.6) is 0 Å². The van der Waals surface area contributed by atoms with E-state index in [0.29, 0.717) is 18.0 Å². The fourth-order valence-electron chi connectivity index (χ4n) is 3.99. The van der Waals surface area contributed by atoms with Crippen molar-refractivity contribution in [3.8, 4) is 10.6 Å². The minimum absolute atomic E-state index is 0.0621. The molecule has 2 aromatic rings. The molecule has 3 atom stereocenters. The predicted octanol–water partition coefficient (Wildman–Crippen LogP) is 2.90. The number of aryl methyl sites for hydroxylation is 1. The van der Waals surface area contributed by atoms with Crippen LogP contribution in [0.3, 0.4) is 0 Å². The van der Waals surface area contributed by atoms with E-state index in [-0.39, 0.29) is 17.9 Å². The van der Waals surface area contributed by atoms with E-state index in [1.165, 1.54) is 11.3 Å². The molecule has 1 aromatic heterocycles. The minimum atomic E-state index is -3.55. The lowest BCUT2D eigenvalue weighted by atomic mass is 9.76. The Kier molecular flexibility index (Phi) is 4.43. The first-order valence-electron chi connectivity index (χ1n) is 8.66. The molecule has 1 N–H and O–H groups in total. The Bertz CT molecular complexity index is 864. The molecule has 2 heterocycles. The van der Waals surface area contributed by atoms with Crippen molar-refractivity contribution < 1.29 is 13.5 Å². The number of sulfonamides is 1. The second-order valence-electron chi connectivity index (χ2n) is 7.09. The van der Waals surface area contributed by atoms with Gasteiger partial charge in [0.1, 0.15) is 5.01 Å². The number of hydrogen-bond acceptors (Lipinski definition) is 5. The predicted molar refractivity (Wildman–Crippen MR) is 97.9 cm³/mol. The molecule has 7 heteroatoms. The summed E-state index contributed by atoms with van der Waals surface area (Å²) in [6.07, 6.45) is 2.54. The molecule has 5 nitrogen and oxygen atoms in total. The monoisotopic (exact) mass is 378 g/mol. The Morgan fingerprint density at radius 3 is 2.60 bits per heavy atom. The van der Waals surface area contributed by atoms with Crippen LogP contribution in [-0.4, -0.2) is 42.0 Å². The summed E-state index contributed by atoms with van der Waals surface area (Å²) in [5.41, 5.74) is 1.77. The minimum Gasteiger partial charge on any atom is -0.392 e. The van der Waals surface area contributed by atoms with Gasteiger partial charge in [0.15, 0.2) is 0 Å². The maximum atomic E-state index is 13.1. The maximum Gasteiger partial charge on any atom is 0.243 e. The number of benzene rings is 1. The second-order valence-corrected chi connectivity index (χ2v) is 9.88. The molecule has 1 aliphatic heterocycles. The zero-order valence-electron chi connectivity index (χ0n) is 14.1. The summed E-state index contributed by atoms with van der Waals surface area (Å²) in [6.45, 7) is 2.76. The van der Waals surface area contributed by atoms with Crippen LogP contribution in [0, 0.1) is 18.8 Å². The number of thiazole rings is 1. The van der Waals surface area contributed by atoms with Crippen molar-refractivity contribution in [3.05, 3.63) is 35.3 Å². The van der Waals surface area contributed by atoms with Crippen molar-refractivity contribution in [2.45, 2.75) is 37.2 Å². The zero-order chi connectivity index (χ0) is 17.6. The van der Waals surface area contributed by atoms with E-state index >= 15 is 0 Å². The van der Waals surface area contributed by atoms with E-state index in [1.54, 1.807) is 22.5 Å². The molecular formula is C18H22N2O3S2. The van der Waals surface area contributed by atoms with Gasteiger partial charge in [-0.1, -0.05) is 18.6 Å². The van der Waals surface area contributed by atoms with Crippen LogP contribution < -0.4 is 0 Å². The van der Waals surface area contributed by atoms with Crippen molar-refractivity contribution >= 4 is 21.4 Å². The fourth-order valence-corrected chi connectivity index (χ4v) is 6.38. The molecule has 2 bridgehead atoms. The second kappa shape index (κ2) is 6.46. The quantitative estimate of drug-likeness (QED) is 0.891. The smallest absolute Gasteiger partial charge is 0.243 e. The highest BCUT2D eigenvalue weighted by Gasteiger charge is 2.42. The summed E-state index contributed by atoms with van der Waals surface area (Å²) in [7, 11) is -3.55. The van der Waals surface area contributed by atoms with Crippen LogP contribution in [0.15, 0.2) is 34.5 Å². The molecule has 2 aliphatic rings. The summed E-state index contributed by atoms with van der Waals surface area (Å²) in [4.78, 5) is 4.76. The van der Waals surface area contributed by atoms with Gasteiger partial charge in [0.2, 0.25) is 10.0 Å². The number of aliphatic hydroxyl groups is 1. The molecule has 1 aliphatic carbocycles. The van der Waals surface area contributed by atoms with Crippen molar-refractivity contribution in [1.82, 2.24) is 9.29 Å². The SMILES string of the molecule is Cc1csc(-c2cccc(S(=O)(=O)N3C[C@H]4CCC[C@@H](C3)C4O)c2)n1. The van der Waals surface area contributed by atoms with E-state index < -0.39 is 10.0 Å². The van der Waals surface area contributed by atoms with Gasteiger partial charge in [-0.15, -0.1) is 11.3 Å². The molecule has 134 valence electrons. The van der Waals surface area contributed by atoms with Crippen LogP contribution >= 0.6 is 11.3 Å². The van der Waals surface area contributed by atoms with Crippen LogP contribution in [-0.2, 0) is 10.0 Å². The lowest BCUT2D eigenvalue weighted by Crippen LogP contribution is -2.53. The topological polar surface area (TPSA) is 70.5 Å². The first-order valence-corrected chi connectivity index (χ1v) is 11.0. The van der Waals surface area contributed by atoms with Crippen molar-refractivity contribution in [1.29, 1.82) is 0 Å². The zero-order valence-corrected chi connectivity index (χ0v) is 15.8. The van der Waals surface area contributed by atoms with Crippen molar-refractivity contribution in [3.63, 3.8) is 0 Å². The summed E-state index contributed by atoms with van der Waals surface area (Å²) in [6, 6.07) is 7.04. The lowest BCUT2D eigenvalue weighted by Gasteiger charge is -2.44. The van der Waals surface area contributed by atoms with Gasteiger partial charge in [-0.2, -0.15) is 4.31 Å². The molecule has 2 fully saturated rings. The van der Waals surface area contributed by atoms with Gasteiger partial charge in [-0.25, -0.2) is 13.4 Å². The van der Waals surface area contributed by atoms with Gasteiger partial charge < -0.3 is 5.11 Å². The molecule has 1 saturated carbocycles. The largest absolute Gasteiger partial charge is 0.392 e. The average Bonchev–Trinajstić information content (AvgIpc) is 3.01. The van der Waals surface area contributed by atoms with Crippen molar-refractivity contribution in [2.24, 2.45) is 11.8 Å². The molecule has 25 heavy (non-hydrogen) atoms. The number of aliphatic hydroxyl groups excluding tert-OH is 1. The number of nitrogens with zero attached hydrogens (tertiary/aromatic N) is 2. The van der Waals surface area contributed by atoms with Gasteiger partial charge in [-0.05, 0) is 43.7 Å². The van der Waals surface area contributed by atoms with Crippen molar-refractivity contribution in [2.75, 3.05) is 13.1 Å². The molecule has 4 rings (SSSR count). The van der Waals surface area contributed by atoms with Gasteiger partial charge in [0, 0.05) is 29.7 Å². The number of aromatic nitrogens is 1. The molecular weight excluding hydrogens is 356 g/mol. The maximum absolute atomic E-state index is 13.1. The highest BCUT2D eigenvalue weighted by atomic mass is 32.2. The Morgan fingerprint density at radius 2 is 1.96 bits per heavy atom. The number of piperidine rings is 1. The molecule has 0 radical (unpaired) electrons. The third-order valence-corrected chi connectivity index (χ3v) is 8.17. The molecule has 1 unspecified atom stereocenters. The highest BCUT2D eigenvalue weighted by molar-refractivity contribution is 7.89. The first-order chi connectivity index (χ1) is 11.9. The highest BCUT2D eigenvalue weighted by Crippen LogP contribution is 2.37. The first kappa shape index (κ1) is 17.1. The Balaban J connectivity index is 1.64. The van der Waals surface area contributed by atoms with E-state index in [4.69, 9.17) is 0 Å². The average molecular weight is 379 g/mol. The third-order valence-electron chi connectivity index (χ3n) is 5.33. The number of hydrogen-bond donors (Lipinski definition) is 1. The number of fused-ring (bicyclic) bond motifs is 2. The molecule has 0 spiro atoms. The van der Waals surface area contributed by atoms with Gasteiger partial charge in [-0.3, -0.25) is 0 Å². The van der Waals surface area contributed by atoms with E-state index in [1.807, 2.05) is 18.4 Å². The Hall–Kier alpha value is -1.28. The van der Waals surface area contributed by atoms with E-state index in [9.17, 15) is 13.5 Å². The summed E-state index contributed by atoms with van der Waals surface area (Å²) in [5.74, 6) is 0.124. The van der Waals surface area contributed by atoms with Gasteiger partial charge in [0.25, 0.3) is 0 Å². The Labute approximate surface area is 152 Å². The van der Waals surface area contributed by atoms with Gasteiger partial charge in [0.05, 0.1) is 11.0 Å². The standard InChI is InChI=1S/C18H22N2O3S2/c1-12-11-24-18(19-12)13-4-3-7-16(8-13)25(22,23)20-9-14-5-2-6-15(10-20)17(14)21/h3-4,7-8,11,14-15,17,21H,2,5-6,9-10H2,1H3/t14-,15+,17?.